The third-order valence-electron chi connectivity index (χ3n) is 1.37. The number of halogens is 3. The molecule has 0 unspecified atom stereocenters. The highest BCUT2D eigenvalue weighted by atomic mass is 35.5. The Labute approximate surface area is 88.8 Å². The van der Waals surface area contributed by atoms with Crippen LogP contribution in [0.1, 0.15) is 10.5 Å². The number of H-pyrrole nitrogens is 1. The van der Waals surface area contributed by atoms with Crippen LogP contribution in [-0.2, 0) is 0 Å². The molecule has 0 atom stereocenters. The second-order valence-electron chi connectivity index (χ2n) is 2.22. The van der Waals surface area contributed by atoms with Gasteiger partial charge in [-0.25, -0.2) is 0 Å². The number of nitrogens with two attached hydrogens (primary N) is 2. The Morgan fingerprint density at radius 2 is 1.77 bits per heavy atom. The second-order valence-corrected chi connectivity index (χ2v) is 3.35. The maximum atomic E-state index is 10.8. The van der Waals surface area contributed by atoms with Gasteiger partial charge >= 0.3 is 5.91 Å². The number of amides is 1. The van der Waals surface area contributed by atoms with Crippen LogP contribution < -0.4 is 16.5 Å². The van der Waals surface area contributed by atoms with Crippen LogP contribution in [0, 0.1) is 0 Å². The molecule has 1 rings (SSSR count). The van der Waals surface area contributed by atoms with Gasteiger partial charge in [-0.05, 0) is 11.6 Å². The number of nitrogen functional groups attached to an aromatic ring is 1. The van der Waals surface area contributed by atoms with Crippen LogP contribution in [0.15, 0.2) is 0 Å². The minimum atomic E-state index is -0.754. The fourth-order valence-corrected chi connectivity index (χ4v) is 1.36. The van der Waals surface area contributed by atoms with Crippen LogP contribution in [0.3, 0.4) is 0 Å². The average molecular weight is 241 g/mol. The van der Waals surface area contributed by atoms with E-state index in [0.29, 0.717) is 0 Å². The molecular formula is C6H5Cl3N3O+. The summed E-state index contributed by atoms with van der Waals surface area (Å²) in [6.07, 6.45) is 0. The number of carbonyl (C=O) groups excluding carboxylic acids is 1. The van der Waals surface area contributed by atoms with Crippen molar-refractivity contribution >= 4 is 46.4 Å². The lowest BCUT2D eigenvalue weighted by Gasteiger charge is -2.00. The van der Waals surface area contributed by atoms with Crippen LogP contribution in [-0.4, -0.2) is 5.91 Å². The Hall–Kier alpha value is -0.710. The number of aromatic amines is 1. The van der Waals surface area contributed by atoms with Gasteiger partial charge in [0.1, 0.15) is 10.0 Å². The van der Waals surface area contributed by atoms with E-state index in [1.807, 2.05) is 0 Å². The molecule has 13 heavy (non-hydrogen) atoms. The van der Waals surface area contributed by atoms with E-state index in [2.05, 4.69) is 4.98 Å². The molecule has 1 heterocycles. The van der Waals surface area contributed by atoms with Crippen molar-refractivity contribution in [1.29, 1.82) is 0 Å². The van der Waals surface area contributed by atoms with Gasteiger partial charge in [-0.15, -0.1) is 0 Å². The van der Waals surface area contributed by atoms with E-state index in [-0.39, 0.29) is 26.6 Å². The molecule has 0 saturated carbocycles. The molecular weight excluding hydrogens is 236 g/mol. The maximum Gasteiger partial charge on any atom is 0.315 e. The smallest absolute Gasteiger partial charge is 0.315 e. The van der Waals surface area contributed by atoms with Crippen molar-refractivity contribution in [2.24, 2.45) is 5.73 Å². The first-order valence-corrected chi connectivity index (χ1v) is 4.23. The van der Waals surface area contributed by atoms with Crippen molar-refractivity contribution in [3.05, 3.63) is 20.9 Å². The number of anilines is 1. The fourth-order valence-electron chi connectivity index (χ4n) is 0.739. The summed E-state index contributed by atoms with van der Waals surface area (Å²) in [7, 11) is 0. The molecule has 0 radical (unpaired) electrons. The lowest BCUT2D eigenvalue weighted by atomic mass is 10.3. The van der Waals surface area contributed by atoms with Crippen molar-refractivity contribution in [2.45, 2.75) is 0 Å². The molecule has 0 fully saturated rings. The number of hydrogen-bond acceptors (Lipinski definition) is 2. The molecule has 0 spiro atoms. The molecule has 0 aliphatic rings. The van der Waals surface area contributed by atoms with Crippen LogP contribution in [0.4, 0.5) is 5.69 Å². The highest BCUT2D eigenvalue weighted by Crippen LogP contribution is 2.31. The van der Waals surface area contributed by atoms with Crippen molar-refractivity contribution in [1.82, 2.24) is 0 Å². The summed E-state index contributed by atoms with van der Waals surface area (Å²) >= 11 is 16.9. The molecule has 0 aliphatic heterocycles. The number of primary amides is 1. The minimum Gasteiger partial charge on any atom is -0.396 e. The topological polar surface area (TPSA) is 83.2 Å². The summed E-state index contributed by atoms with van der Waals surface area (Å²) in [6, 6.07) is 0. The zero-order valence-electron chi connectivity index (χ0n) is 6.20. The lowest BCUT2D eigenvalue weighted by Crippen LogP contribution is -2.25. The molecule has 5 N–H and O–H groups in total. The minimum absolute atomic E-state index is 0.0253. The summed E-state index contributed by atoms with van der Waals surface area (Å²) in [5, 5.41) is 0.0657. The molecule has 1 aromatic heterocycles. The zero-order chi connectivity index (χ0) is 10.2. The Morgan fingerprint density at radius 3 is 2.23 bits per heavy atom. The lowest BCUT2D eigenvalue weighted by molar-refractivity contribution is -0.378. The first-order valence-electron chi connectivity index (χ1n) is 3.10. The van der Waals surface area contributed by atoms with Crippen LogP contribution in [0.5, 0.6) is 0 Å². The van der Waals surface area contributed by atoms with Gasteiger partial charge in [-0.1, -0.05) is 23.2 Å². The van der Waals surface area contributed by atoms with Gasteiger partial charge in [0.25, 0.3) is 10.8 Å². The Balaban J connectivity index is 3.50. The van der Waals surface area contributed by atoms with Crippen molar-refractivity contribution < 1.29 is 9.78 Å². The predicted octanol–water partition coefficient (Wildman–Crippen LogP) is 1.14. The summed E-state index contributed by atoms with van der Waals surface area (Å²) < 4.78 is 0. The third-order valence-corrected chi connectivity index (χ3v) is 2.53. The van der Waals surface area contributed by atoms with Crippen LogP contribution >= 0.6 is 34.8 Å². The van der Waals surface area contributed by atoms with Crippen molar-refractivity contribution in [3.8, 4) is 0 Å². The highest BCUT2D eigenvalue weighted by Gasteiger charge is 2.23. The van der Waals surface area contributed by atoms with E-state index >= 15 is 0 Å². The largest absolute Gasteiger partial charge is 0.396 e. The molecule has 0 aliphatic carbocycles. The number of pyridine rings is 1. The quantitative estimate of drug-likeness (QED) is 0.723. The molecule has 70 valence electrons. The van der Waals surface area contributed by atoms with E-state index < -0.39 is 5.91 Å². The van der Waals surface area contributed by atoms with Crippen LogP contribution in [0.2, 0.25) is 15.2 Å². The number of nitrogens with one attached hydrogen (secondary N) is 1. The number of rotatable bonds is 1. The van der Waals surface area contributed by atoms with Gasteiger partial charge in [0.05, 0.1) is 5.69 Å². The van der Waals surface area contributed by atoms with E-state index in [0.717, 1.165) is 0 Å². The van der Waals surface area contributed by atoms with Gasteiger partial charge < -0.3 is 11.5 Å². The number of hydrogen-bond donors (Lipinski definition) is 2. The van der Waals surface area contributed by atoms with Gasteiger partial charge in [0.2, 0.25) is 0 Å². The highest BCUT2D eigenvalue weighted by molar-refractivity contribution is 6.45. The first-order chi connectivity index (χ1) is 5.95. The van der Waals surface area contributed by atoms with Gasteiger partial charge in [0.15, 0.2) is 0 Å². The Morgan fingerprint density at radius 1 is 1.23 bits per heavy atom. The number of aromatic nitrogens is 1. The second kappa shape index (κ2) is 3.57. The van der Waals surface area contributed by atoms with E-state index in [1.54, 1.807) is 0 Å². The molecule has 0 aromatic carbocycles. The molecule has 4 nitrogen and oxygen atoms in total. The Kier molecular flexibility index (Phi) is 2.85. The normalized spacial score (nSPS) is 10.1. The fraction of sp³-hybridized carbons (Fsp3) is 0. The third kappa shape index (κ3) is 1.80. The zero-order valence-corrected chi connectivity index (χ0v) is 8.46. The average Bonchev–Trinajstić information content (AvgIpc) is 2.07. The van der Waals surface area contributed by atoms with E-state index in [9.17, 15) is 4.79 Å². The standard InChI is InChI=1S/C6H4Cl3N3O/c7-1-3(10)2(8)5(9)12-4(1)6(11)13/h(H2,10,12)(H2,11,13)/p+1. The van der Waals surface area contributed by atoms with E-state index in [1.165, 1.54) is 0 Å². The number of carbonyl (C=O) groups is 1. The summed E-state index contributed by atoms with van der Waals surface area (Å²) in [5.74, 6) is -0.754. The molecule has 1 aromatic rings. The SMILES string of the molecule is NC(=O)c1[nH+]c(Cl)c(Cl)c(N)c1Cl. The monoisotopic (exact) mass is 240 g/mol. The van der Waals surface area contributed by atoms with Crippen LogP contribution in [0.25, 0.3) is 0 Å². The van der Waals surface area contributed by atoms with Gasteiger partial charge in [-0.2, -0.15) is 4.98 Å². The summed E-state index contributed by atoms with van der Waals surface area (Å²) in [6.45, 7) is 0. The molecule has 0 bridgehead atoms. The van der Waals surface area contributed by atoms with Crippen molar-refractivity contribution in [2.75, 3.05) is 5.73 Å². The van der Waals surface area contributed by atoms with E-state index in [4.69, 9.17) is 46.3 Å². The molecule has 1 amide bonds. The first kappa shape index (κ1) is 10.4. The van der Waals surface area contributed by atoms with Gasteiger partial charge in [0, 0.05) is 0 Å². The summed E-state index contributed by atoms with van der Waals surface area (Å²) in [4.78, 5) is 13.2. The predicted molar refractivity (Wildman–Crippen MR) is 51.0 cm³/mol. The summed E-state index contributed by atoms with van der Waals surface area (Å²) in [5.41, 5.74) is 10.4. The van der Waals surface area contributed by atoms with Gasteiger partial charge in [-0.3, -0.25) is 4.79 Å². The maximum absolute atomic E-state index is 10.8. The molecule has 0 saturated heterocycles. The Bertz CT molecular complexity index is 380. The van der Waals surface area contributed by atoms with Crippen molar-refractivity contribution in [3.63, 3.8) is 0 Å². The molecule has 7 heteroatoms.